The van der Waals surface area contributed by atoms with Crippen LogP contribution in [0.2, 0.25) is 5.02 Å². The molecular weight excluding hydrogens is 470 g/mol. The van der Waals surface area contributed by atoms with Gasteiger partial charge in [0, 0.05) is 22.2 Å². The highest BCUT2D eigenvalue weighted by Crippen LogP contribution is 2.39. The molecule has 0 bridgehead atoms. The molecule has 3 N–H and O–H groups in total. The number of aromatic nitrogens is 1. The first kappa shape index (κ1) is 22.2. The van der Waals surface area contributed by atoms with E-state index in [2.05, 4.69) is 19.9 Å². The van der Waals surface area contributed by atoms with Crippen molar-refractivity contribution in [3.63, 3.8) is 0 Å². The maximum atomic E-state index is 12.7. The summed E-state index contributed by atoms with van der Waals surface area (Å²) in [4.78, 5) is 13.3. The third-order valence-corrected chi connectivity index (χ3v) is 6.43. The van der Waals surface area contributed by atoms with Crippen molar-refractivity contribution >= 4 is 55.3 Å². The van der Waals surface area contributed by atoms with E-state index >= 15 is 0 Å². The van der Waals surface area contributed by atoms with Gasteiger partial charge in [0.2, 0.25) is 5.88 Å². The number of sulfonamides is 1. The fraction of sp³-hybridized carbons (Fsp3) is 0.0476. The molecule has 4 rings (SSSR count). The fourth-order valence-electron chi connectivity index (χ4n) is 3.17. The molecule has 0 radical (unpaired) electrons. The molecule has 0 unspecified atom stereocenters. The molecule has 33 heavy (non-hydrogen) atoms. The van der Waals surface area contributed by atoms with Gasteiger partial charge in [-0.3, -0.25) is 14.8 Å². The smallest absolute Gasteiger partial charge is 0.298 e. The van der Waals surface area contributed by atoms with Crippen molar-refractivity contribution in [1.82, 2.24) is 4.98 Å². The van der Waals surface area contributed by atoms with Crippen molar-refractivity contribution in [2.75, 3.05) is 4.72 Å². The monoisotopic (exact) mass is 485 g/mol. The molecule has 0 atom stereocenters. The summed E-state index contributed by atoms with van der Waals surface area (Å²) in [5, 5.41) is 30.7. The number of nitro benzene ring substituents is 1. The van der Waals surface area contributed by atoms with Crippen LogP contribution in [-0.4, -0.2) is 23.4 Å². The van der Waals surface area contributed by atoms with Gasteiger partial charge in [-0.25, -0.2) is 8.42 Å². The zero-order valence-corrected chi connectivity index (χ0v) is 18.6. The first-order valence-electron chi connectivity index (χ1n) is 9.44. The van der Waals surface area contributed by atoms with Gasteiger partial charge >= 0.3 is 0 Å². The van der Waals surface area contributed by atoms with Crippen LogP contribution in [0.3, 0.4) is 0 Å². The van der Waals surface area contributed by atoms with E-state index in [9.17, 15) is 23.6 Å². The first-order chi connectivity index (χ1) is 15.7. The van der Waals surface area contributed by atoms with E-state index in [1.54, 1.807) is 12.1 Å². The zero-order chi connectivity index (χ0) is 23.8. The maximum Gasteiger partial charge on any atom is 0.298 e. The number of azo groups is 1. The van der Waals surface area contributed by atoms with Crippen molar-refractivity contribution in [3.05, 3.63) is 81.4 Å². The van der Waals surface area contributed by atoms with Gasteiger partial charge in [-0.15, -0.1) is 10.2 Å². The Hall–Kier alpha value is -3.96. The molecule has 0 fully saturated rings. The number of halogens is 1. The lowest BCUT2D eigenvalue weighted by molar-refractivity contribution is -0.384. The summed E-state index contributed by atoms with van der Waals surface area (Å²) in [5.74, 6) is -0.239. The third kappa shape index (κ3) is 4.49. The minimum absolute atomic E-state index is 0.115. The maximum absolute atomic E-state index is 12.7. The average molecular weight is 486 g/mol. The number of nitro groups is 1. The highest BCUT2D eigenvalue weighted by molar-refractivity contribution is 7.92. The van der Waals surface area contributed by atoms with Crippen molar-refractivity contribution < 1.29 is 18.4 Å². The van der Waals surface area contributed by atoms with Crippen LogP contribution in [0, 0.1) is 17.0 Å². The normalized spacial score (nSPS) is 11.8. The number of benzene rings is 3. The van der Waals surface area contributed by atoms with E-state index < -0.39 is 20.6 Å². The minimum Gasteiger partial charge on any atom is -0.493 e. The number of hydrogen-bond acceptors (Lipinski definition) is 7. The second kappa shape index (κ2) is 8.52. The van der Waals surface area contributed by atoms with Gasteiger partial charge in [-0.1, -0.05) is 29.8 Å². The van der Waals surface area contributed by atoms with Crippen LogP contribution >= 0.6 is 11.6 Å². The predicted molar refractivity (Wildman–Crippen MR) is 124 cm³/mol. The quantitative estimate of drug-likeness (QED) is 0.175. The Bertz CT molecular complexity index is 1510. The molecule has 3 aromatic carbocycles. The fourth-order valence-corrected chi connectivity index (χ4v) is 4.38. The average Bonchev–Trinajstić information content (AvgIpc) is 3.10. The molecule has 0 amide bonds. The van der Waals surface area contributed by atoms with E-state index in [0.717, 1.165) is 11.6 Å². The Morgan fingerprint density at radius 1 is 1.09 bits per heavy atom. The van der Waals surface area contributed by atoms with E-state index in [4.69, 9.17) is 11.6 Å². The first-order valence-corrected chi connectivity index (χ1v) is 11.3. The number of H-pyrrole nitrogens is 1. The second-order valence-electron chi connectivity index (χ2n) is 7.04. The van der Waals surface area contributed by atoms with Crippen LogP contribution in [0.5, 0.6) is 5.88 Å². The van der Waals surface area contributed by atoms with Crippen molar-refractivity contribution in [1.29, 1.82) is 0 Å². The standard InChI is InChI=1S/C21H16ClN5O5S/c1-12-3-2-4-16-19(12)23-21(28)20(16)25-24-17-10-9-15(11-18(17)27(29)30)33(31,32)26-14-7-5-13(22)6-8-14/h2-11,23,26,28H,1H3. The lowest BCUT2D eigenvalue weighted by Gasteiger charge is -2.08. The van der Waals surface area contributed by atoms with E-state index in [1.807, 2.05) is 13.0 Å². The van der Waals surface area contributed by atoms with Crippen LogP contribution in [0.15, 0.2) is 75.8 Å². The van der Waals surface area contributed by atoms with Gasteiger partial charge in [0.25, 0.3) is 15.7 Å². The van der Waals surface area contributed by atoms with Gasteiger partial charge in [0.05, 0.1) is 15.3 Å². The SMILES string of the molecule is Cc1cccc2c(N=Nc3ccc(S(=O)(=O)Nc4ccc(Cl)cc4)cc3[N+](=O)[O-])c(O)[nH]c12. The van der Waals surface area contributed by atoms with Crippen molar-refractivity contribution in [3.8, 4) is 5.88 Å². The van der Waals surface area contributed by atoms with E-state index in [1.165, 1.54) is 36.4 Å². The van der Waals surface area contributed by atoms with Crippen molar-refractivity contribution in [2.24, 2.45) is 10.2 Å². The predicted octanol–water partition coefficient (Wildman–Crippen LogP) is 5.96. The Balaban J connectivity index is 1.70. The van der Waals surface area contributed by atoms with Crippen LogP contribution in [0.1, 0.15) is 5.56 Å². The highest BCUT2D eigenvalue weighted by Gasteiger charge is 2.22. The molecule has 1 heterocycles. The molecule has 0 aliphatic heterocycles. The molecule has 10 nitrogen and oxygen atoms in total. The number of anilines is 1. The van der Waals surface area contributed by atoms with Crippen LogP contribution in [0.25, 0.3) is 10.9 Å². The van der Waals surface area contributed by atoms with Crippen LogP contribution < -0.4 is 4.72 Å². The molecular formula is C21H16ClN5O5S. The number of para-hydroxylation sites is 1. The minimum atomic E-state index is -4.11. The summed E-state index contributed by atoms with van der Waals surface area (Å²) in [7, 11) is -4.11. The summed E-state index contributed by atoms with van der Waals surface area (Å²) in [6.07, 6.45) is 0. The molecule has 0 saturated heterocycles. The summed E-state index contributed by atoms with van der Waals surface area (Å²) in [6.45, 7) is 1.85. The van der Waals surface area contributed by atoms with Crippen LogP contribution in [-0.2, 0) is 10.0 Å². The topological polar surface area (TPSA) is 150 Å². The number of nitrogens with zero attached hydrogens (tertiary/aromatic N) is 3. The number of aromatic hydroxyl groups is 1. The van der Waals surface area contributed by atoms with Gasteiger partial charge in [0.15, 0.2) is 11.4 Å². The Labute approximate surface area is 192 Å². The Morgan fingerprint density at radius 3 is 2.52 bits per heavy atom. The Morgan fingerprint density at radius 2 is 1.82 bits per heavy atom. The lowest BCUT2D eigenvalue weighted by atomic mass is 10.1. The summed E-state index contributed by atoms with van der Waals surface area (Å²) in [6, 6.07) is 14.5. The van der Waals surface area contributed by atoms with E-state index in [-0.39, 0.29) is 27.8 Å². The molecule has 168 valence electrons. The summed E-state index contributed by atoms with van der Waals surface area (Å²) < 4.78 is 27.7. The molecule has 4 aromatic rings. The molecule has 0 aliphatic rings. The second-order valence-corrected chi connectivity index (χ2v) is 9.16. The molecule has 0 saturated carbocycles. The molecule has 0 aliphatic carbocycles. The van der Waals surface area contributed by atoms with Gasteiger partial charge in [0.1, 0.15) is 0 Å². The molecule has 12 heteroatoms. The number of rotatable bonds is 6. The summed E-state index contributed by atoms with van der Waals surface area (Å²) in [5.41, 5.74) is 1.16. The largest absolute Gasteiger partial charge is 0.493 e. The van der Waals surface area contributed by atoms with Gasteiger partial charge in [-0.2, -0.15) is 0 Å². The number of fused-ring (bicyclic) bond motifs is 1. The van der Waals surface area contributed by atoms with E-state index in [0.29, 0.717) is 15.9 Å². The molecule has 0 spiro atoms. The van der Waals surface area contributed by atoms with Crippen molar-refractivity contribution in [2.45, 2.75) is 11.8 Å². The third-order valence-electron chi connectivity index (χ3n) is 4.80. The lowest BCUT2D eigenvalue weighted by Crippen LogP contribution is -2.13. The number of aryl methyl sites for hydroxylation is 1. The Kier molecular flexibility index (Phi) is 5.75. The molecule has 1 aromatic heterocycles. The van der Waals surface area contributed by atoms with Crippen LogP contribution in [0.4, 0.5) is 22.7 Å². The summed E-state index contributed by atoms with van der Waals surface area (Å²) >= 11 is 5.80. The number of hydrogen-bond donors (Lipinski definition) is 3. The number of aromatic amines is 1. The van der Waals surface area contributed by atoms with Gasteiger partial charge < -0.3 is 10.1 Å². The van der Waals surface area contributed by atoms with Gasteiger partial charge in [-0.05, 0) is 48.9 Å². The zero-order valence-electron chi connectivity index (χ0n) is 17.0. The highest BCUT2D eigenvalue weighted by atomic mass is 35.5. The number of nitrogens with one attached hydrogen (secondary N) is 2.